The van der Waals surface area contributed by atoms with Crippen LogP contribution in [0.3, 0.4) is 0 Å². The van der Waals surface area contributed by atoms with Crippen LogP contribution >= 0.6 is 23.4 Å². The summed E-state index contributed by atoms with van der Waals surface area (Å²) in [7, 11) is 0. The average molecular weight is 552 g/mol. The van der Waals surface area contributed by atoms with Gasteiger partial charge in [0.25, 0.3) is 5.91 Å². The minimum atomic E-state index is -1.45. The maximum absolute atomic E-state index is 13.7. The first-order valence-electron chi connectivity index (χ1n) is 11.4. The Morgan fingerprint density at radius 2 is 1.54 bits per heavy atom. The highest BCUT2D eigenvalue weighted by molar-refractivity contribution is 8.00. The normalized spacial score (nSPS) is 11.1. The summed E-state index contributed by atoms with van der Waals surface area (Å²) in [6.07, 6.45) is 0.269. The van der Waals surface area contributed by atoms with Crippen LogP contribution in [0, 0.1) is 22.7 Å². The largest absolute Gasteiger partial charge is 0.383 e. The fourth-order valence-electron chi connectivity index (χ4n) is 3.84. The molecule has 0 radical (unpaired) electrons. The zero-order chi connectivity index (χ0) is 27.9. The quantitative estimate of drug-likeness (QED) is 0.134. The molecule has 1 atom stereocenters. The van der Waals surface area contributed by atoms with Gasteiger partial charge in [-0.15, -0.1) is 0 Å². The number of hydrogen-bond acceptors (Lipinski definition) is 8. The van der Waals surface area contributed by atoms with Crippen molar-refractivity contribution in [2.45, 2.75) is 10.4 Å². The van der Waals surface area contributed by atoms with Crippen molar-refractivity contribution in [1.82, 2.24) is 9.88 Å². The lowest BCUT2D eigenvalue weighted by Gasteiger charge is -2.26. The second kappa shape index (κ2) is 12.1. The van der Waals surface area contributed by atoms with E-state index in [-0.39, 0.29) is 45.1 Å². The van der Waals surface area contributed by atoms with Gasteiger partial charge in [-0.05, 0) is 29.8 Å². The van der Waals surface area contributed by atoms with Crippen molar-refractivity contribution < 1.29 is 14.4 Å². The number of nitrogen functional groups attached to an aromatic ring is 1. The van der Waals surface area contributed by atoms with Crippen molar-refractivity contribution in [3.8, 4) is 23.3 Å². The number of imide groups is 1. The molecule has 0 spiro atoms. The Balaban J connectivity index is 1.90. The van der Waals surface area contributed by atoms with Crippen LogP contribution in [0.4, 0.5) is 5.82 Å². The van der Waals surface area contributed by atoms with E-state index in [1.54, 1.807) is 72.8 Å². The van der Waals surface area contributed by atoms with Crippen molar-refractivity contribution in [2.24, 2.45) is 0 Å². The predicted octanol–water partition coefficient (Wildman–Crippen LogP) is 5.33. The fourth-order valence-corrected chi connectivity index (χ4v) is 5.16. The number of anilines is 1. The number of carbonyl (C=O) groups is 3. The van der Waals surface area contributed by atoms with Gasteiger partial charge in [-0.2, -0.15) is 10.5 Å². The first-order valence-corrected chi connectivity index (χ1v) is 12.6. The van der Waals surface area contributed by atoms with Crippen LogP contribution in [0.5, 0.6) is 0 Å². The number of hydrogen-bond donors (Lipinski definition) is 1. The molecule has 4 aromatic rings. The average Bonchev–Trinajstić information content (AvgIpc) is 2.97. The van der Waals surface area contributed by atoms with Crippen molar-refractivity contribution in [3.05, 3.63) is 112 Å². The molecule has 3 aromatic carbocycles. The van der Waals surface area contributed by atoms with Gasteiger partial charge in [-0.1, -0.05) is 84.0 Å². The number of halogens is 1. The Labute approximate surface area is 233 Å². The third kappa shape index (κ3) is 5.65. The van der Waals surface area contributed by atoms with Crippen LogP contribution in [0.15, 0.2) is 90.0 Å². The topological polar surface area (TPSA) is 141 Å². The van der Waals surface area contributed by atoms with E-state index >= 15 is 0 Å². The number of nitriles is 2. The van der Waals surface area contributed by atoms with E-state index in [9.17, 15) is 24.9 Å². The molecule has 1 unspecified atom stereocenters. The van der Waals surface area contributed by atoms with Crippen molar-refractivity contribution in [3.63, 3.8) is 0 Å². The number of rotatable bonds is 8. The maximum atomic E-state index is 13.7. The SMILES string of the molecule is N#Cc1c(N)nc(SC(C(=O)c2ccccc2)N(C=O)C(=O)c2ccccc2)c(C#N)c1-c1cccc(Cl)c1. The van der Waals surface area contributed by atoms with Crippen molar-refractivity contribution in [1.29, 1.82) is 10.5 Å². The molecule has 4 rings (SSSR count). The zero-order valence-corrected chi connectivity index (χ0v) is 21.7. The van der Waals surface area contributed by atoms with Crippen LogP contribution in [0.1, 0.15) is 31.8 Å². The number of nitrogens with zero attached hydrogens (tertiary/aromatic N) is 4. The number of nitrogens with two attached hydrogens (primary N) is 1. The lowest BCUT2D eigenvalue weighted by molar-refractivity contribution is -0.116. The number of aromatic nitrogens is 1. The van der Waals surface area contributed by atoms with E-state index in [1.165, 1.54) is 12.1 Å². The third-order valence-corrected chi connectivity index (χ3v) is 7.07. The Bertz CT molecular complexity index is 1650. The highest BCUT2D eigenvalue weighted by atomic mass is 35.5. The number of carbonyl (C=O) groups excluding carboxylic acids is 3. The molecule has 1 heterocycles. The first kappa shape index (κ1) is 27.1. The van der Waals surface area contributed by atoms with E-state index in [0.717, 1.165) is 4.90 Å². The third-order valence-electron chi connectivity index (χ3n) is 5.66. The summed E-state index contributed by atoms with van der Waals surface area (Å²) in [6.45, 7) is 0. The van der Waals surface area contributed by atoms with Crippen molar-refractivity contribution in [2.75, 3.05) is 5.73 Å². The molecule has 190 valence electrons. The van der Waals surface area contributed by atoms with Crippen molar-refractivity contribution >= 4 is 47.3 Å². The molecule has 2 amide bonds. The highest BCUT2D eigenvalue weighted by Gasteiger charge is 2.34. The number of Topliss-reactive ketones (excluding diaryl/α,β-unsaturated/α-hetero) is 1. The molecule has 0 aliphatic heterocycles. The second-order valence-corrected chi connectivity index (χ2v) is 9.55. The Hall–Kier alpha value is -4.96. The molecule has 0 aliphatic rings. The molecule has 10 heteroatoms. The van der Waals surface area contributed by atoms with E-state index in [4.69, 9.17) is 17.3 Å². The summed E-state index contributed by atoms with van der Waals surface area (Å²) < 4.78 is 0. The molecule has 0 fully saturated rings. The van der Waals surface area contributed by atoms with E-state index in [1.807, 2.05) is 12.1 Å². The molecule has 8 nitrogen and oxygen atoms in total. The zero-order valence-electron chi connectivity index (χ0n) is 20.1. The van der Waals surface area contributed by atoms with E-state index < -0.39 is 17.1 Å². The number of ketones is 1. The molecule has 2 N–H and O–H groups in total. The van der Waals surface area contributed by atoms with Gasteiger partial charge in [0.15, 0.2) is 11.2 Å². The van der Waals surface area contributed by atoms with Crippen LogP contribution in [0.25, 0.3) is 11.1 Å². The highest BCUT2D eigenvalue weighted by Crippen LogP contribution is 2.39. The summed E-state index contributed by atoms with van der Waals surface area (Å²) >= 11 is 6.88. The van der Waals surface area contributed by atoms with Crippen LogP contribution < -0.4 is 5.73 Å². The summed E-state index contributed by atoms with van der Waals surface area (Å²) in [5, 5.41) is 18.9. The first-order chi connectivity index (χ1) is 18.9. The van der Waals surface area contributed by atoms with Gasteiger partial charge < -0.3 is 5.73 Å². The molecule has 0 bridgehead atoms. The summed E-state index contributed by atoms with van der Waals surface area (Å²) in [4.78, 5) is 44.4. The minimum Gasteiger partial charge on any atom is -0.383 e. The van der Waals surface area contributed by atoms with Crippen LogP contribution in [-0.2, 0) is 4.79 Å². The van der Waals surface area contributed by atoms with E-state index in [2.05, 4.69) is 4.98 Å². The Morgan fingerprint density at radius 1 is 0.923 bits per heavy atom. The van der Waals surface area contributed by atoms with Gasteiger partial charge >= 0.3 is 0 Å². The van der Waals surface area contributed by atoms with Gasteiger partial charge in [-0.25, -0.2) is 4.98 Å². The number of benzene rings is 3. The van der Waals surface area contributed by atoms with Crippen LogP contribution in [-0.4, -0.2) is 33.4 Å². The number of amides is 2. The van der Waals surface area contributed by atoms with Gasteiger partial charge in [0.2, 0.25) is 6.41 Å². The smallest absolute Gasteiger partial charge is 0.261 e. The summed E-state index contributed by atoms with van der Waals surface area (Å²) in [6, 6.07) is 26.7. The minimum absolute atomic E-state index is 0.0361. The van der Waals surface area contributed by atoms with E-state index in [0.29, 0.717) is 22.3 Å². The maximum Gasteiger partial charge on any atom is 0.261 e. The molecule has 1 aromatic heterocycles. The second-order valence-electron chi connectivity index (χ2n) is 8.05. The van der Waals surface area contributed by atoms with Gasteiger partial charge in [0.1, 0.15) is 28.5 Å². The van der Waals surface area contributed by atoms with Gasteiger partial charge in [0, 0.05) is 21.7 Å². The molecular formula is C29H18ClN5O3S. The monoisotopic (exact) mass is 551 g/mol. The number of pyridine rings is 1. The number of thioether (sulfide) groups is 1. The van der Waals surface area contributed by atoms with Gasteiger partial charge in [-0.3, -0.25) is 19.3 Å². The summed E-state index contributed by atoms with van der Waals surface area (Å²) in [5.74, 6) is -1.48. The Kier molecular flexibility index (Phi) is 8.37. The molecule has 0 aliphatic carbocycles. The lowest BCUT2D eigenvalue weighted by Crippen LogP contribution is -2.42. The molecular weight excluding hydrogens is 534 g/mol. The van der Waals surface area contributed by atoms with Gasteiger partial charge in [0.05, 0.1) is 5.56 Å². The molecule has 0 saturated heterocycles. The predicted molar refractivity (Wildman–Crippen MR) is 148 cm³/mol. The summed E-state index contributed by atoms with van der Waals surface area (Å²) in [5.41, 5.74) is 7.06. The standard InChI is InChI=1S/C29H18ClN5O3S/c30-21-13-7-12-20(14-21)24-22(15-31)26(33)34-27(23(24)16-32)39-29(25(37)18-8-3-1-4-9-18)35(17-36)28(38)19-10-5-2-6-11-19/h1-14,17,29H,(H2,33,34). The fraction of sp³-hybridized carbons (Fsp3) is 0.0345. The Morgan fingerprint density at radius 3 is 2.10 bits per heavy atom. The molecule has 39 heavy (non-hydrogen) atoms. The lowest BCUT2D eigenvalue weighted by atomic mass is 9.97. The molecule has 0 saturated carbocycles. The van der Waals surface area contributed by atoms with Crippen LogP contribution in [0.2, 0.25) is 5.02 Å².